The second kappa shape index (κ2) is 5.58. The maximum Gasteiger partial charge on any atom is 0.327 e. The molecule has 0 saturated carbocycles. The van der Waals surface area contributed by atoms with E-state index in [1.807, 2.05) is 0 Å². The lowest BCUT2D eigenvalue weighted by molar-refractivity contribution is -0.140. The van der Waals surface area contributed by atoms with Crippen LogP contribution in [-0.2, 0) is 4.79 Å². The van der Waals surface area contributed by atoms with E-state index in [1.54, 1.807) is 30.3 Å². The number of ether oxygens (including phenoxy) is 1. The maximum absolute atomic E-state index is 12.7. The van der Waals surface area contributed by atoms with Gasteiger partial charge in [-0.25, -0.2) is 4.79 Å². The fraction of sp³-hybridized carbons (Fsp3) is 0.188. The number of thiol groups is 1. The van der Waals surface area contributed by atoms with Gasteiger partial charge in [0.25, 0.3) is 11.8 Å². The molecule has 1 unspecified atom stereocenters. The molecule has 0 bridgehead atoms. The van der Waals surface area contributed by atoms with Crippen molar-refractivity contribution in [3.63, 3.8) is 0 Å². The lowest BCUT2D eigenvalue weighted by Gasteiger charge is -2.31. The topological polar surface area (TPSA) is 83.9 Å². The van der Waals surface area contributed by atoms with Crippen molar-refractivity contribution in [3.8, 4) is 5.75 Å². The summed E-state index contributed by atoms with van der Waals surface area (Å²) in [6.45, 7) is 0. The predicted octanol–water partition coefficient (Wildman–Crippen LogP) is 1.83. The maximum atomic E-state index is 12.7. The van der Waals surface area contributed by atoms with E-state index in [0.717, 1.165) is 4.90 Å². The summed E-state index contributed by atoms with van der Waals surface area (Å²) in [5.41, 5.74) is 0.563. The molecular weight excluding hydrogens is 318 g/mol. The first-order valence-corrected chi connectivity index (χ1v) is 7.45. The SMILES string of the molecule is COc1ccc2c3c(cccc13)C(=O)N(C(CS)C(=O)O)C2=O. The van der Waals surface area contributed by atoms with E-state index in [2.05, 4.69) is 12.6 Å². The summed E-state index contributed by atoms with van der Waals surface area (Å²) in [4.78, 5) is 37.5. The number of carboxylic acid groups (broad SMARTS) is 1. The Bertz CT molecular complexity index is 825. The third kappa shape index (κ3) is 2.16. The van der Waals surface area contributed by atoms with Crippen molar-refractivity contribution in [2.24, 2.45) is 0 Å². The van der Waals surface area contributed by atoms with Crippen LogP contribution in [0.1, 0.15) is 20.7 Å². The molecule has 0 aromatic heterocycles. The summed E-state index contributed by atoms with van der Waals surface area (Å²) in [6, 6.07) is 6.86. The first-order chi connectivity index (χ1) is 11.0. The van der Waals surface area contributed by atoms with Gasteiger partial charge in [-0.1, -0.05) is 12.1 Å². The van der Waals surface area contributed by atoms with E-state index < -0.39 is 23.8 Å². The van der Waals surface area contributed by atoms with E-state index in [4.69, 9.17) is 4.74 Å². The highest BCUT2D eigenvalue weighted by atomic mass is 32.1. The van der Waals surface area contributed by atoms with Crippen LogP contribution in [0.5, 0.6) is 5.75 Å². The number of imide groups is 1. The van der Waals surface area contributed by atoms with Crippen molar-refractivity contribution in [2.45, 2.75) is 6.04 Å². The van der Waals surface area contributed by atoms with Gasteiger partial charge in [-0.2, -0.15) is 12.6 Å². The van der Waals surface area contributed by atoms with Crippen LogP contribution in [0.15, 0.2) is 30.3 Å². The monoisotopic (exact) mass is 331 g/mol. The van der Waals surface area contributed by atoms with E-state index in [9.17, 15) is 19.5 Å². The molecule has 0 saturated heterocycles. The Balaban J connectivity index is 2.28. The van der Waals surface area contributed by atoms with Crippen molar-refractivity contribution in [2.75, 3.05) is 12.9 Å². The summed E-state index contributed by atoms with van der Waals surface area (Å²) < 4.78 is 5.27. The summed E-state index contributed by atoms with van der Waals surface area (Å²) in [5, 5.41) is 10.4. The highest BCUT2D eigenvalue weighted by molar-refractivity contribution is 7.80. The van der Waals surface area contributed by atoms with E-state index in [-0.39, 0.29) is 16.9 Å². The van der Waals surface area contributed by atoms with Crippen LogP contribution < -0.4 is 4.74 Å². The average molecular weight is 331 g/mol. The quantitative estimate of drug-likeness (QED) is 0.659. The van der Waals surface area contributed by atoms with Crippen LogP contribution in [0.3, 0.4) is 0 Å². The van der Waals surface area contributed by atoms with Crippen molar-refractivity contribution in [3.05, 3.63) is 41.5 Å². The summed E-state index contributed by atoms with van der Waals surface area (Å²) in [7, 11) is 1.50. The molecule has 1 heterocycles. The number of methoxy groups -OCH3 is 1. The van der Waals surface area contributed by atoms with Crippen LogP contribution in [-0.4, -0.2) is 46.7 Å². The minimum absolute atomic E-state index is 0.158. The largest absolute Gasteiger partial charge is 0.496 e. The van der Waals surface area contributed by atoms with Gasteiger partial charge in [0.15, 0.2) is 0 Å². The molecule has 2 aromatic rings. The fourth-order valence-electron chi connectivity index (χ4n) is 2.82. The fourth-order valence-corrected chi connectivity index (χ4v) is 3.14. The van der Waals surface area contributed by atoms with Gasteiger partial charge >= 0.3 is 5.97 Å². The van der Waals surface area contributed by atoms with E-state index in [1.165, 1.54) is 7.11 Å². The molecule has 1 atom stereocenters. The first-order valence-electron chi connectivity index (χ1n) is 6.82. The molecule has 3 rings (SSSR count). The highest BCUT2D eigenvalue weighted by Gasteiger charge is 2.40. The highest BCUT2D eigenvalue weighted by Crippen LogP contribution is 2.36. The molecule has 0 spiro atoms. The molecule has 1 N–H and O–H groups in total. The minimum Gasteiger partial charge on any atom is -0.496 e. The number of benzene rings is 2. The number of amides is 2. The Hall–Kier alpha value is -2.54. The Kier molecular flexibility index (Phi) is 3.73. The zero-order valence-corrected chi connectivity index (χ0v) is 13.0. The zero-order chi connectivity index (χ0) is 16.7. The molecule has 0 fully saturated rings. The second-order valence-corrected chi connectivity index (χ2v) is 5.43. The minimum atomic E-state index is -1.32. The number of carboxylic acids is 1. The van der Waals surface area contributed by atoms with Crippen molar-refractivity contribution >= 4 is 41.2 Å². The molecule has 2 aromatic carbocycles. The Morgan fingerprint density at radius 3 is 2.43 bits per heavy atom. The molecule has 1 aliphatic rings. The Morgan fingerprint density at radius 1 is 1.22 bits per heavy atom. The standard InChI is InChI=1S/C16H13NO5S/c1-22-12-6-5-10-13-8(12)3-2-4-9(13)14(18)17(15(10)19)11(7-23)16(20)21/h2-6,11,23H,7H2,1H3,(H,20,21). The van der Waals surface area contributed by atoms with Gasteiger partial charge in [-0.3, -0.25) is 14.5 Å². The van der Waals surface area contributed by atoms with Crippen LogP contribution in [0.4, 0.5) is 0 Å². The molecule has 7 heteroatoms. The third-order valence-electron chi connectivity index (χ3n) is 3.89. The van der Waals surface area contributed by atoms with Crippen molar-refractivity contribution < 1.29 is 24.2 Å². The summed E-state index contributed by atoms with van der Waals surface area (Å²) in [6.07, 6.45) is 0. The number of aliphatic carboxylic acids is 1. The summed E-state index contributed by atoms with van der Waals surface area (Å²) in [5.74, 6) is -2.16. The summed E-state index contributed by atoms with van der Waals surface area (Å²) >= 11 is 3.96. The molecule has 0 aliphatic carbocycles. The third-order valence-corrected chi connectivity index (χ3v) is 4.23. The Morgan fingerprint density at radius 2 is 1.87 bits per heavy atom. The van der Waals surface area contributed by atoms with Crippen molar-refractivity contribution in [1.29, 1.82) is 0 Å². The van der Waals surface area contributed by atoms with Gasteiger partial charge in [0.05, 0.1) is 7.11 Å². The van der Waals surface area contributed by atoms with Gasteiger partial charge in [-0.15, -0.1) is 0 Å². The number of carbonyl (C=O) groups is 3. The lowest BCUT2D eigenvalue weighted by Crippen LogP contribution is -2.51. The Labute approximate surface area is 137 Å². The van der Waals surface area contributed by atoms with Gasteiger partial charge in [0, 0.05) is 27.7 Å². The van der Waals surface area contributed by atoms with Gasteiger partial charge < -0.3 is 9.84 Å². The molecule has 2 amide bonds. The number of rotatable bonds is 4. The van der Waals surface area contributed by atoms with Crippen molar-refractivity contribution in [1.82, 2.24) is 4.90 Å². The zero-order valence-electron chi connectivity index (χ0n) is 12.1. The predicted molar refractivity (Wildman–Crippen MR) is 86.3 cm³/mol. The number of hydrogen-bond donors (Lipinski definition) is 2. The average Bonchev–Trinajstić information content (AvgIpc) is 2.55. The first kappa shape index (κ1) is 15.4. The molecule has 6 nitrogen and oxygen atoms in total. The van der Waals surface area contributed by atoms with Gasteiger partial charge in [-0.05, 0) is 18.2 Å². The smallest absolute Gasteiger partial charge is 0.327 e. The molecule has 118 valence electrons. The van der Waals surface area contributed by atoms with Gasteiger partial charge in [0.2, 0.25) is 0 Å². The van der Waals surface area contributed by atoms with Gasteiger partial charge in [0.1, 0.15) is 11.8 Å². The number of nitrogens with zero attached hydrogens (tertiary/aromatic N) is 1. The molecule has 1 aliphatic heterocycles. The van der Waals surface area contributed by atoms with E-state index in [0.29, 0.717) is 16.5 Å². The molecule has 0 radical (unpaired) electrons. The van der Waals surface area contributed by atoms with E-state index >= 15 is 0 Å². The van der Waals surface area contributed by atoms with Crippen LogP contribution in [0.2, 0.25) is 0 Å². The molecular formula is C16H13NO5S. The normalized spacial score (nSPS) is 15.0. The second-order valence-electron chi connectivity index (χ2n) is 5.06. The number of hydrogen-bond acceptors (Lipinski definition) is 5. The van der Waals surface area contributed by atoms with Crippen LogP contribution >= 0.6 is 12.6 Å². The lowest BCUT2D eigenvalue weighted by atomic mass is 9.92. The van der Waals surface area contributed by atoms with Crippen LogP contribution in [0.25, 0.3) is 10.8 Å². The van der Waals surface area contributed by atoms with Crippen LogP contribution in [0, 0.1) is 0 Å². The molecule has 23 heavy (non-hydrogen) atoms. The number of carbonyl (C=O) groups excluding carboxylic acids is 2.